The fourth-order valence-corrected chi connectivity index (χ4v) is 1.64. The summed E-state index contributed by atoms with van der Waals surface area (Å²) in [5.41, 5.74) is -0.0373. The number of hydrogen-bond acceptors (Lipinski definition) is 2. The van der Waals surface area contributed by atoms with Crippen molar-refractivity contribution in [1.29, 1.82) is 0 Å². The minimum Gasteiger partial charge on any atom is -0.496 e. The number of alkyl halides is 1. The minimum atomic E-state index is -0.579. The maximum Gasteiger partial charge on any atom is 0.260 e. The van der Waals surface area contributed by atoms with Crippen molar-refractivity contribution in [2.75, 3.05) is 20.7 Å². The van der Waals surface area contributed by atoms with E-state index in [2.05, 4.69) is 0 Å². The second-order valence-corrected chi connectivity index (χ2v) is 4.86. The van der Waals surface area contributed by atoms with Crippen LogP contribution in [0, 0.1) is 5.82 Å². The molecule has 1 aromatic rings. The van der Waals surface area contributed by atoms with Crippen LogP contribution in [0.1, 0.15) is 23.7 Å². The molecule has 0 heterocycles. The molecule has 18 heavy (non-hydrogen) atoms. The molecule has 1 aromatic carbocycles. The largest absolute Gasteiger partial charge is 0.496 e. The second-order valence-electron chi connectivity index (χ2n) is 4.11. The SMILES string of the molecule is COc1cccc(F)c1C(=O)N(C)CCC(C)Cl. The van der Waals surface area contributed by atoms with Gasteiger partial charge in [-0.3, -0.25) is 4.79 Å². The molecular formula is C13H17ClFNO2. The van der Waals surface area contributed by atoms with E-state index >= 15 is 0 Å². The average molecular weight is 274 g/mol. The van der Waals surface area contributed by atoms with Crippen molar-refractivity contribution in [3.8, 4) is 5.75 Å². The molecule has 3 nitrogen and oxygen atoms in total. The van der Waals surface area contributed by atoms with Crippen LogP contribution >= 0.6 is 11.6 Å². The molecule has 0 bridgehead atoms. The van der Waals surface area contributed by atoms with Crippen molar-refractivity contribution in [2.24, 2.45) is 0 Å². The zero-order chi connectivity index (χ0) is 13.7. The normalized spacial score (nSPS) is 12.1. The van der Waals surface area contributed by atoms with E-state index < -0.39 is 11.7 Å². The van der Waals surface area contributed by atoms with E-state index in [-0.39, 0.29) is 16.7 Å². The van der Waals surface area contributed by atoms with E-state index in [9.17, 15) is 9.18 Å². The van der Waals surface area contributed by atoms with Crippen molar-refractivity contribution in [3.05, 3.63) is 29.6 Å². The molecule has 0 aromatic heterocycles. The number of rotatable bonds is 5. The number of methoxy groups -OCH3 is 1. The minimum absolute atomic E-state index is 0.0252. The quantitative estimate of drug-likeness (QED) is 0.772. The Balaban J connectivity index is 2.89. The van der Waals surface area contributed by atoms with Gasteiger partial charge in [0.1, 0.15) is 17.1 Å². The monoisotopic (exact) mass is 273 g/mol. The molecule has 0 aliphatic rings. The predicted octanol–water partition coefficient (Wildman–Crippen LogP) is 2.92. The number of nitrogens with zero attached hydrogens (tertiary/aromatic N) is 1. The molecule has 0 saturated heterocycles. The van der Waals surface area contributed by atoms with Crippen LogP contribution in [-0.4, -0.2) is 36.9 Å². The molecule has 0 spiro atoms. The Morgan fingerprint density at radius 2 is 2.22 bits per heavy atom. The average Bonchev–Trinajstić information content (AvgIpc) is 2.34. The van der Waals surface area contributed by atoms with Crippen molar-refractivity contribution >= 4 is 17.5 Å². The molecule has 1 unspecified atom stereocenters. The first-order chi connectivity index (χ1) is 8.47. The summed E-state index contributed by atoms with van der Waals surface area (Å²) >= 11 is 5.83. The van der Waals surface area contributed by atoms with E-state index in [1.54, 1.807) is 13.1 Å². The van der Waals surface area contributed by atoms with Crippen molar-refractivity contribution in [3.63, 3.8) is 0 Å². The van der Waals surface area contributed by atoms with Gasteiger partial charge < -0.3 is 9.64 Å². The van der Waals surface area contributed by atoms with Crippen LogP contribution < -0.4 is 4.74 Å². The first-order valence-electron chi connectivity index (χ1n) is 5.69. The van der Waals surface area contributed by atoms with E-state index in [1.807, 2.05) is 6.92 Å². The van der Waals surface area contributed by atoms with Gasteiger partial charge >= 0.3 is 0 Å². The lowest BCUT2D eigenvalue weighted by Crippen LogP contribution is -2.29. The Bertz CT molecular complexity index is 423. The molecule has 100 valence electrons. The van der Waals surface area contributed by atoms with Gasteiger partial charge in [-0.25, -0.2) is 4.39 Å². The molecule has 1 amide bonds. The fourth-order valence-electron chi connectivity index (χ4n) is 1.55. The van der Waals surface area contributed by atoms with Crippen LogP contribution in [0.5, 0.6) is 5.75 Å². The number of ether oxygens (including phenoxy) is 1. The first-order valence-corrected chi connectivity index (χ1v) is 6.13. The predicted molar refractivity (Wildman–Crippen MR) is 69.8 cm³/mol. The number of carbonyl (C=O) groups excluding carboxylic acids is 1. The highest BCUT2D eigenvalue weighted by atomic mass is 35.5. The third-order valence-corrected chi connectivity index (χ3v) is 2.84. The lowest BCUT2D eigenvalue weighted by Gasteiger charge is -2.19. The lowest BCUT2D eigenvalue weighted by molar-refractivity contribution is 0.0785. The zero-order valence-corrected chi connectivity index (χ0v) is 11.5. The Kier molecular flexibility index (Phi) is 5.41. The summed E-state index contributed by atoms with van der Waals surface area (Å²) in [6.45, 7) is 2.32. The zero-order valence-electron chi connectivity index (χ0n) is 10.7. The Hall–Kier alpha value is -1.29. The highest BCUT2D eigenvalue weighted by molar-refractivity contribution is 6.20. The van der Waals surface area contributed by atoms with Gasteiger partial charge in [-0.15, -0.1) is 11.6 Å². The number of carbonyl (C=O) groups is 1. The van der Waals surface area contributed by atoms with E-state index in [1.165, 1.54) is 24.1 Å². The van der Waals surface area contributed by atoms with Gasteiger partial charge in [-0.2, -0.15) is 0 Å². The number of benzene rings is 1. The smallest absolute Gasteiger partial charge is 0.260 e. The number of amides is 1. The summed E-state index contributed by atoms with van der Waals surface area (Å²) in [6.07, 6.45) is 0.653. The van der Waals surface area contributed by atoms with Crippen molar-refractivity contribution in [1.82, 2.24) is 4.90 Å². The summed E-state index contributed by atoms with van der Waals surface area (Å²) in [5, 5.41) is -0.0252. The Morgan fingerprint density at radius 3 is 2.78 bits per heavy atom. The molecule has 0 saturated carbocycles. The Labute approximate surface area is 111 Å². The molecule has 5 heteroatoms. The first kappa shape index (κ1) is 14.8. The van der Waals surface area contributed by atoms with Crippen LogP contribution in [0.3, 0.4) is 0 Å². The van der Waals surface area contributed by atoms with Gasteiger partial charge in [0.2, 0.25) is 0 Å². The van der Waals surface area contributed by atoms with Crippen LogP contribution in [0.2, 0.25) is 0 Å². The van der Waals surface area contributed by atoms with Crippen LogP contribution in [-0.2, 0) is 0 Å². The van der Waals surface area contributed by atoms with Crippen molar-refractivity contribution in [2.45, 2.75) is 18.7 Å². The van der Waals surface area contributed by atoms with Gasteiger partial charge in [0.25, 0.3) is 5.91 Å². The van der Waals surface area contributed by atoms with Crippen LogP contribution in [0.15, 0.2) is 18.2 Å². The van der Waals surface area contributed by atoms with E-state index in [0.717, 1.165) is 0 Å². The standard InChI is InChI=1S/C13H17ClFNO2/c1-9(14)7-8-16(2)13(17)12-10(15)5-4-6-11(12)18-3/h4-6,9H,7-8H2,1-3H3. The molecule has 0 N–H and O–H groups in total. The Morgan fingerprint density at radius 1 is 1.56 bits per heavy atom. The number of hydrogen-bond donors (Lipinski definition) is 0. The third-order valence-electron chi connectivity index (χ3n) is 2.62. The highest BCUT2D eigenvalue weighted by Gasteiger charge is 2.21. The lowest BCUT2D eigenvalue weighted by atomic mass is 10.1. The summed E-state index contributed by atoms with van der Waals surface area (Å²) in [7, 11) is 3.03. The van der Waals surface area contributed by atoms with Gasteiger partial charge in [-0.05, 0) is 25.5 Å². The third kappa shape index (κ3) is 3.60. The van der Waals surface area contributed by atoms with Gasteiger partial charge in [0.15, 0.2) is 0 Å². The molecular weight excluding hydrogens is 257 g/mol. The molecule has 0 aliphatic heterocycles. The second kappa shape index (κ2) is 6.59. The summed E-state index contributed by atoms with van der Waals surface area (Å²) < 4.78 is 18.7. The summed E-state index contributed by atoms with van der Waals surface area (Å²) in [6, 6.07) is 4.31. The molecule has 0 fully saturated rings. The molecule has 0 radical (unpaired) electrons. The topological polar surface area (TPSA) is 29.5 Å². The maximum absolute atomic E-state index is 13.7. The summed E-state index contributed by atoms with van der Waals surface area (Å²) in [4.78, 5) is 13.6. The molecule has 1 rings (SSSR count). The number of halogens is 2. The van der Waals surface area contributed by atoms with Gasteiger partial charge in [-0.1, -0.05) is 6.07 Å². The van der Waals surface area contributed by atoms with Gasteiger partial charge in [0.05, 0.1) is 7.11 Å². The van der Waals surface area contributed by atoms with E-state index in [0.29, 0.717) is 13.0 Å². The van der Waals surface area contributed by atoms with Crippen LogP contribution in [0.4, 0.5) is 4.39 Å². The maximum atomic E-state index is 13.7. The molecule has 0 aliphatic carbocycles. The fraction of sp³-hybridized carbons (Fsp3) is 0.462. The van der Waals surface area contributed by atoms with Crippen molar-refractivity contribution < 1.29 is 13.9 Å². The summed E-state index contributed by atoms with van der Waals surface area (Å²) in [5.74, 6) is -0.738. The van der Waals surface area contributed by atoms with Gasteiger partial charge in [0, 0.05) is 19.0 Å². The van der Waals surface area contributed by atoms with E-state index in [4.69, 9.17) is 16.3 Å². The molecule has 1 atom stereocenters. The highest BCUT2D eigenvalue weighted by Crippen LogP contribution is 2.22. The van der Waals surface area contributed by atoms with Crippen LogP contribution in [0.25, 0.3) is 0 Å².